The molecule has 2 rings (SSSR count). The van der Waals surface area contributed by atoms with Crippen molar-refractivity contribution in [2.75, 3.05) is 24.2 Å². The first-order chi connectivity index (χ1) is 8.75. The highest BCUT2D eigenvalue weighted by Gasteiger charge is 1.98. The molecule has 1 aromatic heterocycles. The zero-order valence-corrected chi connectivity index (χ0v) is 10.3. The predicted octanol–water partition coefficient (Wildman–Crippen LogP) is 1.86. The Balaban J connectivity index is 1.78. The summed E-state index contributed by atoms with van der Waals surface area (Å²) in [5, 5.41) is 3.16. The zero-order chi connectivity index (χ0) is 12.8. The highest BCUT2D eigenvalue weighted by Crippen LogP contribution is 2.19. The lowest BCUT2D eigenvalue weighted by Crippen LogP contribution is -2.13. The van der Waals surface area contributed by atoms with Crippen LogP contribution in [0.4, 0.5) is 11.5 Å². The number of benzene rings is 1. The van der Waals surface area contributed by atoms with Crippen LogP contribution in [0.15, 0.2) is 36.5 Å². The summed E-state index contributed by atoms with van der Waals surface area (Å²) in [7, 11) is 0. The molecule has 1 aromatic carbocycles. The van der Waals surface area contributed by atoms with Gasteiger partial charge in [-0.1, -0.05) is 12.1 Å². The van der Waals surface area contributed by atoms with Gasteiger partial charge in [0.05, 0.1) is 12.2 Å². The van der Waals surface area contributed by atoms with E-state index < -0.39 is 0 Å². The van der Waals surface area contributed by atoms with Crippen molar-refractivity contribution in [1.82, 2.24) is 9.97 Å². The van der Waals surface area contributed by atoms with Crippen LogP contribution in [0.1, 0.15) is 5.82 Å². The van der Waals surface area contributed by atoms with Gasteiger partial charge in [-0.05, 0) is 25.1 Å². The van der Waals surface area contributed by atoms with Crippen molar-refractivity contribution in [2.24, 2.45) is 0 Å². The number of aromatic nitrogens is 2. The largest absolute Gasteiger partial charge is 0.490 e. The van der Waals surface area contributed by atoms with Crippen LogP contribution in [0.2, 0.25) is 0 Å². The topological polar surface area (TPSA) is 73.1 Å². The fraction of sp³-hybridized carbons (Fsp3) is 0.231. The van der Waals surface area contributed by atoms with Gasteiger partial charge < -0.3 is 15.8 Å². The molecule has 2 aromatic rings. The van der Waals surface area contributed by atoms with E-state index in [1.165, 1.54) is 0 Å². The minimum atomic E-state index is 0.525. The van der Waals surface area contributed by atoms with Gasteiger partial charge in [0.2, 0.25) is 0 Å². The van der Waals surface area contributed by atoms with E-state index in [4.69, 9.17) is 10.5 Å². The van der Waals surface area contributed by atoms with E-state index in [1.54, 1.807) is 6.20 Å². The Kier molecular flexibility index (Phi) is 3.96. The number of anilines is 2. The molecule has 0 unspecified atom stereocenters. The lowest BCUT2D eigenvalue weighted by Gasteiger charge is -2.09. The van der Waals surface area contributed by atoms with Gasteiger partial charge in [-0.15, -0.1) is 0 Å². The Labute approximate surface area is 106 Å². The molecule has 0 fully saturated rings. The van der Waals surface area contributed by atoms with E-state index in [0.717, 1.165) is 11.6 Å². The Hall–Kier alpha value is -2.30. The minimum absolute atomic E-state index is 0.525. The second-order valence-corrected chi connectivity index (χ2v) is 3.80. The molecule has 0 aliphatic carbocycles. The highest BCUT2D eigenvalue weighted by molar-refractivity contribution is 5.51. The van der Waals surface area contributed by atoms with E-state index in [-0.39, 0.29) is 0 Å². The van der Waals surface area contributed by atoms with Crippen LogP contribution in [0.25, 0.3) is 0 Å². The quantitative estimate of drug-likeness (QED) is 0.620. The molecule has 1 heterocycles. The third kappa shape index (κ3) is 3.35. The monoisotopic (exact) mass is 244 g/mol. The minimum Gasteiger partial charge on any atom is -0.490 e. The average Bonchev–Trinajstić information content (AvgIpc) is 2.37. The van der Waals surface area contributed by atoms with Gasteiger partial charge in [0.25, 0.3) is 0 Å². The Morgan fingerprint density at radius 1 is 1.28 bits per heavy atom. The second-order valence-electron chi connectivity index (χ2n) is 3.80. The van der Waals surface area contributed by atoms with Gasteiger partial charge in [0.15, 0.2) is 0 Å². The summed E-state index contributed by atoms with van der Waals surface area (Å²) in [5.41, 5.74) is 6.42. The first-order valence-corrected chi connectivity index (χ1v) is 5.76. The predicted molar refractivity (Wildman–Crippen MR) is 71.6 cm³/mol. The van der Waals surface area contributed by atoms with Crippen molar-refractivity contribution >= 4 is 11.5 Å². The maximum atomic E-state index is 5.77. The molecule has 0 aliphatic rings. The molecule has 0 saturated carbocycles. The van der Waals surface area contributed by atoms with Crippen molar-refractivity contribution in [3.05, 3.63) is 42.4 Å². The van der Waals surface area contributed by atoms with Crippen molar-refractivity contribution in [1.29, 1.82) is 0 Å². The Bertz CT molecular complexity index is 516. The van der Waals surface area contributed by atoms with Gasteiger partial charge in [-0.25, -0.2) is 9.97 Å². The number of hydrogen-bond donors (Lipinski definition) is 2. The summed E-state index contributed by atoms with van der Waals surface area (Å²) in [4.78, 5) is 8.26. The third-order valence-corrected chi connectivity index (χ3v) is 2.36. The summed E-state index contributed by atoms with van der Waals surface area (Å²) in [6, 6.07) is 9.27. The molecule has 0 amide bonds. The summed E-state index contributed by atoms with van der Waals surface area (Å²) in [5.74, 6) is 2.25. The number of ether oxygens (including phenoxy) is 1. The van der Waals surface area contributed by atoms with E-state index in [9.17, 15) is 0 Å². The lowest BCUT2D eigenvalue weighted by atomic mass is 10.3. The fourth-order valence-electron chi connectivity index (χ4n) is 1.51. The molecule has 94 valence electrons. The van der Waals surface area contributed by atoms with Crippen LogP contribution in [0.5, 0.6) is 5.75 Å². The van der Waals surface area contributed by atoms with Crippen LogP contribution in [0.3, 0.4) is 0 Å². The Morgan fingerprint density at radius 3 is 2.89 bits per heavy atom. The van der Waals surface area contributed by atoms with Crippen molar-refractivity contribution in [3.63, 3.8) is 0 Å². The fourth-order valence-corrected chi connectivity index (χ4v) is 1.51. The van der Waals surface area contributed by atoms with Gasteiger partial charge in [-0.3, -0.25) is 0 Å². The number of hydrogen-bond acceptors (Lipinski definition) is 5. The van der Waals surface area contributed by atoms with Crippen LogP contribution in [0, 0.1) is 6.92 Å². The molecule has 0 saturated heterocycles. The van der Waals surface area contributed by atoms with Crippen molar-refractivity contribution < 1.29 is 4.74 Å². The van der Waals surface area contributed by atoms with Crippen LogP contribution < -0.4 is 15.8 Å². The molecule has 3 N–H and O–H groups in total. The molecule has 0 aliphatic heterocycles. The van der Waals surface area contributed by atoms with E-state index in [2.05, 4.69) is 15.3 Å². The first-order valence-electron chi connectivity index (χ1n) is 5.76. The van der Waals surface area contributed by atoms with Gasteiger partial charge in [0.1, 0.15) is 24.0 Å². The third-order valence-electron chi connectivity index (χ3n) is 2.36. The molecule has 18 heavy (non-hydrogen) atoms. The number of nitrogen functional groups attached to an aromatic ring is 1. The molecular formula is C13H16N4O. The number of rotatable bonds is 5. The number of nitrogens with one attached hydrogen (secondary N) is 1. The average molecular weight is 244 g/mol. The van der Waals surface area contributed by atoms with E-state index >= 15 is 0 Å². The standard InChI is InChI=1S/C13H16N4O/c1-10-15-7-6-13(17-10)16-8-9-18-12-5-3-2-4-11(12)14/h2-7H,8-9,14H2,1H3,(H,15,16,17). The SMILES string of the molecule is Cc1nccc(NCCOc2ccccc2N)n1. The van der Waals surface area contributed by atoms with Gasteiger partial charge in [0, 0.05) is 6.20 Å². The van der Waals surface area contributed by atoms with Crippen molar-refractivity contribution in [3.8, 4) is 5.75 Å². The van der Waals surface area contributed by atoms with Crippen molar-refractivity contribution in [2.45, 2.75) is 6.92 Å². The zero-order valence-electron chi connectivity index (χ0n) is 10.3. The first kappa shape index (κ1) is 12.2. The molecule has 0 atom stereocenters. The number of para-hydroxylation sites is 2. The number of aryl methyl sites for hydroxylation is 1. The molecule has 0 radical (unpaired) electrons. The normalized spacial score (nSPS) is 10.1. The highest BCUT2D eigenvalue weighted by atomic mass is 16.5. The maximum absolute atomic E-state index is 5.77. The summed E-state index contributed by atoms with van der Waals surface area (Å²) in [6.45, 7) is 3.04. The molecular weight excluding hydrogens is 228 g/mol. The van der Waals surface area contributed by atoms with Crippen LogP contribution in [-0.2, 0) is 0 Å². The van der Waals surface area contributed by atoms with Crippen LogP contribution >= 0.6 is 0 Å². The van der Waals surface area contributed by atoms with E-state index in [0.29, 0.717) is 24.6 Å². The number of nitrogens with two attached hydrogens (primary N) is 1. The Morgan fingerprint density at radius 2 is 2.11 bits per heavy atom. The maximum Gasteiger partial charge on any atom is 0.142 e. The molecule has 0 bridgehead atoms. The molecule has 5 nitrogen and oxygen atoms in total. The summed E-state index contributed by atoms with van der Waals surface area (Å²) in [6.07, 6.45) is 1.72. The van der Waals surface area contributed by atoms with Gasteiger partial charge in [-0.2, -0.15) is 0 Å². The van der Waals surface area contributed by atoms with Crippen LogP contribution in [-0.4, -0.2) is 23.1 Å². The summed E-state index contributed by atoms with van der Waals surface area (Å²) >= 11 is 0. The smallest absolute Gasteiger partial charge is 0.142 e. The lowest BCUT2D eigenvalue weighted by molar-refractivity contribution is 0.334. The summed E-state index contributed by atoms with van der Waals surface area (Å²) < 4.78 is 5.56. The number of nitrogens with zero attached hydrogens (tertiary/aromatic N) is 2. The molecule has 0 spiro atoms. The van der Waals surface area contributed by atoms with Gasteiger partial charge >= 0.3 is 0 Å². The second kappa shape index (κ2) is 5.86. The molecule has 5 heteroatoms. The van der Waals surface area contributed by atoms with E-state index in [1.807, 2.05) is 37.3 Å².